The van der Waals surface area contributed by atoms with Crippen LogP contribution in [0.25, 0.3) is 0 Å². The third kappa shape index (κ3) is 4.72. The molecule has 31 heavy (non-hydrogen) atoms. The summed E-state index contributed by atoms with van der Waals surface area (Å²) >= 11 is 0. The molecule has 2 aliphatic heterocycles. The highest BCUT2D eigenvalue weighted by atomic mass is 32.2. The molecule has 0 N–H and O–H groups in total. The summed E-state index contributed by atoms with van der Waals surface area (Å²) in [5, 5.41) is 0. The minimum absolute atomic E-state index is 0.146. The highest BCUT2D eigenvalue weighted by Gasteiger charge is 2.32. The summed E-state index contributed by atoms with van der Waals surface area (Å²) in [6, 6.07) is 15.7. The van der Waals surface area contributed by atoms with Gasteiger partial charge in [0.05, 0.1) is 9.79 Å². The Bertz CT molecular complexity index is 1100. The number of nitrogens with zero attached hydrogens (tertiary/aromatic N) is 2. The predicted octanol–water partition coefficient (Wildman–Crippen LogP) is 3.68. The van der Waals surface area contributed by atoms with Crippen molar-refractivity contribution >= 4 is 20.0 Å². The van der Waals surface area contributed by atoms with E-state index < -0.39 is 20.0 Å². The Morgan fingerprint density at radius 1 is 0.710 bits per heavy atom. The number of benzene rings is 2. The van der Waals surface area contributed by atoms with Gasteiger partial charge in [0.2, 0.25) is 20.0 Å². The molecule has 8 heteroatoms. The minimum Gasteiger partial charge on any atom is -0.207 e. The number of piperidine rings is 2. The molecule has 0 aromatic heterocycles. The molecular weight excluding hydrogens is 432 g/mol. The lowest BCUT2D eigenvalue weighted by atomic mass is 9.92. The first-order valence-electron chi connectivity index (χ1n) is 10.9. The van der Waals surface area contributed by atoms with Crippen molar-refractivity contribution in [1.29, 1.82) is 0 Å². The second-order valence-electron chi connectivity index (χ2n) is 8.69. The van der Waals surface area contributed by atoms with Crippen LogP contribution in [0.1, 0.15) is 44.1 Å². The second kappa shape index (κ2) is 9.02. The maximum atomic E-state index is 13.2. The van der Waals surface area contributed by atoms with E-state index in [1.165, 1.54) is 32.9 Å². The molecular formula is C23H30N2O4S2. The fraction of sp³-hybridized carbons (Fsp3) is 0.478. The van der Waals surface area contributed by atoms with Crippen molar-refractivity contribution in [2.45, 2.75) is 48.3 Å². The standard InChI is InChI=1S/C23H30N2O4S2/c1-19-7-5-15-24(17-19)30(26,27)22-11-13-23(14-12-22)31(28,29)25-16-6-10-21(18-25)20-8-3-2-4-9-20/h2-4,8-9,11-14,19,21H,5-7,10,15-18H2,1H3/t19-,21-/m1/s1. The summed E-state index contributed by atoms with van der Waals surface area (Å²) in [7, 11) is -7.28. The molecule has 2 saturated heterocycles. The molecule has 6 nitrogen and oxygen atoms in total. The van der Waals surface area contributed by atoms with Crippen LogP contribution in [-0.4, -0.2) is 51.6 Å². The van der Waals surface area contributed by atoms with Crippen LogP contribution in [0.2, 0.25) is 0 Å². The lowest BCUT2D eigenvalue weighted by Crippen LogP contribution is -2.39. The SMILES string of the molecule is C[C@@H]1CCCN(S(=O)(=O)c2ccc(S(=O)(=O)N3CCC[C@@H](c4ccccc4)C3)cc2)C1. The molecule has 0 radical (unpaired) electrons. The van der Waals surface area contributed by atoms with Crippen LogP contribution < -0.4 is 0 Å². The van der Waals surface area contributed by atoms with Crippen molar-refractivity contribution in [1.82, 2.24) is 8.61 Å². The molecule has 0 amide bonds. The van der Waals surface area contributed by atoms with E-state index in [4.69, 9.17) is 0 Å². The van der Waals surface area contributed by atoms with Crippen molar-refractivity contribution in [2.75, 3.05) is 26.2 Å². The zero-order valence-electron chi connectivity index (χ0n) is 17.9. The lowest BCUT2D eigenvalue weighted by Gasteiger charge is -2.32. The molecule has 2 atom stereocenters. The van der Waals surface area contributed by atoms with Gasteiger partial charge in [0.25, 0.3) is 0 Å². The summed E-state index contributed by atoms with van der Waals surface area (Å²) in [6.45, 7) is 4.01. The topological polar surface area (TPSA) is 74.8 Å². The summed E-state index contributed by atoms with van der Waals surface area (Å²) in [5.41, 5.74) is 1.15. The van der Waals surface area contributed by atoms with Gasteiger partial charge in [0.15, 0.2) is 0 Å². The van der Waals surface area contributed by atoms with Crippen molar-refractivity contribution in [3.63, 3.8) is 0 Å². The normalized spacial score (nSPS) is 24.2. The molecule has 4 rings (SSSR count). The molecule has 2 fully saturated rings. The van der Waals surface area contributed by atoms with Gasteiger partial charge in [-0.25, -0.2) is 16.8 Å². The van der Waals surface area contributed by atoms with E-state index >= 15 is 0 Å². The quantitative estimate of drug-likeness (QED) is 0.679. The van der Waals surface area contributed by atoms with Gasteiger partial charge in [0.1, 0.15) is 0 Å². The van der Waals surface area contributed by atoms with Gasteiger partial charge in [-0.3, -0.25) is 0 Å². The first kappa shape index (κ1) is 22.5. The summed E-state index contributed by atoms with van der Waals surface area (Å²) in [6.07, 6.45) is 3.65. The van der Waals surface area contributed by atoms with Crippen LogP contribution >= 0.6 is 0 Å². The third-order valence-electron chi connectivity index (χ3n) is 6.37. The first-order chi connectivity index (χ1) is 14.8. The second-order valence-corrected chi connectivity index (χ2v) is 12.6. The van der Waals surface area contributed by atoms with E-state index in [1.807, 2.05) is 30.3 Å². The van der Waals surface area contributed by atoms with E-state index in [-0.39, 0.29) is 15.7 Å². The molecule has 2 heterocycles. The van der Waals surface area contributed by atoms with Gasteiger partial charge < -0.3 is 0 Å². The summed E-state index contributed by atoms with van der Waals surface area (Å²) < 4.78 is 55.4. The molecule has 0 bridgehead atoms. The smallest absolute Gasteiger partial charge is 0.207 e. The van der Waals surface area contributed by atoms with Crippen molar-refractivity contribution < 1.29 is 16.8 Å². The van der Waals surface area contributed by atoms with Crippen LogP contribution in [0.15, 0.2) is 64.4 Å². The van der Waals surface area contributed by atoms with Crippen molar-refractivity contribution in [2.24, 2.45) is 5.92 Å². The van der Waals surface area contributed by atoms with Gasteiger partial charge in [-0.05, 0) is 67.3 Å². The van der Waals surface area contributed by atoms with E-state index in [1.54, 1.807) is 0 Å². The van der Waals surface area contributed by atoms with Crippen LogP contribution in [0.5, 0.6) is 0 Å². The van der Waals surface area contributed by atoms with Crippen molar-refractivity contribution in [3.8, 4) is 0 Å². The summed E-state index contributed by atoms with van der Waals surface area (Å²) in [5.74, 6) is 0.505. The van der Waals surface area contributed by atoms with E-state index in [9.17, 15) is 16.8 Å². The fourth-order valence-electron chi connectivity index (χ4n) is 4.60. The Kier molecular flexibility index (Phi) is 6.53. The Morgan fingerprint density at radius 2 is 1.23 bits per heavy atom. The number of hydrogen-bond acceptors (Lipinski definition) is 4. The molecule has 0 aliphatic carbocycles. The number of sulfonamides is 2. The Hall–Kier alpha value is -1.74. The van der Waals surface area contributed by atoms with Crippen LogP contribution in [0, 0.1) is 5.92 Å². The highest BCUT2D eigenvalue weighted by molar-refractivity contribution is 7.89. The minimum atomic E-state index is -3.67. The molecule has 0 unspecified atom stereocenters. The molecule has 0 saturated carbocycles. The first-order valence-corrected chi connectivity index (χ1v) is 13.8. The lowest BCUT2D eigenvalue weighted by molar-refractivity contribution is 0.281. The molecule has 0 spiro atoms. The van der Waals surface area contributed by atoms with Gasteiger partial charge in [0, 0.05) is 26.2 Å². The Labute approximate surface area is 186 Å². The van der Waals surface area contributed by atoms with Gasteiger partial charge in [-0.2, -0.15) is 8.61 Å². The zero-order valence-corrected chi connectivity index (χ0v) is 19.5. The maximum absolute atomic E-state index is 13.2. The van der Waals surface area contributed by atoms with E-state index in [2.05, 4.69) is 6.92 Å². The highest BCUT2D eigenvalue weighted by Crippen LogP contribution is 2.31. The fourth-order valence-corrected chi connectivity index (χ4v) is 7.73. The maximum Gasteiger partial charge on any atom is 0.243 e. The molecule has 2 aromatic carbocycles. The average molecular weight is 463 g/mol. The Morgan fingerprint density at radius 3 is 1.77 bits per heavy atom. The van der Waals surface area contributed by atoms with Gasteiger partial charge in [-0.1, -0.05) is 37.3 Å². The largest absolute Gasteiger partial charge is 0.243 e. The monoisotopic (exact) mass is 462 g/mol. The summed E-state index contributed by atoms with van der Waals surface area (Å²) in [4.78, 5) is 0.300. The molecule has 168 valence electrons. The number of hydrogen-bond donors (Lipinski definition) is 0. The van der Waals surface area contributed by atoms with Crippen LogP contribution in [-0.2, 0) is 20.0 Å². The average Bonchev–Trinajstić information content (AvgIpc) is 2.80. The van der Waals surface area contributed by atoms with Crippen molar-refractivity contribution in [3.05, 3.63) is 60.2 Å². The molecule has 2 aliphatic rings. The van der Waals surface area contributed by atoms with Crippen LogP contribution in [0.3, 0.4) is 0 Å². The van der Waals surface area contributed by atoms with Gasteiger partial charge in [-0.15, -0.1) is 0 Å². The number of rotatable bonds is 5. The zero-order chi connectivity index (χ0) is 22.1. The third-order valence-corrected chi connectivity index (χ3v) is 10.1. The van der Waals surface area contributed by atoms with E-state index in [0.717, 1.165) is 31.2 Å². The van der Waals surface area contributed by atoms with Gasteiger partial charge >= 0.3 is 0 Å². The predicted molar refractivity (Wildman–Crippen MR) is 121 cm³/mol. The molecule has 2 aromatic rings. The van der Waals surface area contributed by atoms with Crippen LogP contribution in [0.4, 0.5) is 0 Å². The Balaban J connectivity index is 1.52. The van der Waals surface area contributed by atoms with E-state index in [0.29, 0.717) is 32.1 Å².